The molecule has 4 unspecified atom stereocenters. The van der Waals surface area contributed by atoms with Crippen molar-refractivity contribution in [3.8, 4) is 0 Å². The fourth-order valence-electron chi connectivity index (χ4n) is 3.74. The second-order valence-corrected chi connectivity index (χ2v) is 7.30. The summed E-state index contributed by atoms with van der Waals surface area (Å²) in [5.74, 6) is 1.06. The van der Waals surface area contributed by atoms with Gasteiger partial charge in [-0.1, -0.05) is 60.7 Å². The van der Waals surface area contributed by atoms with E-state index in [0.717, 1.165) is 12.8 Å². The van der Waals surface area contributed by atoms with Crippen molar-refractivity contribution in [3.63, 3.8) is 0 Å². The summed E-state index contributed by atoms with van der Waals surface area (Å²) in [5, 5.41) is 5.90. The Morgan fingerprint density at radius 3 is 1.46 bits per heavy atom. The first-order chi connectivity index (χ1) is 12.7. The summed E-state index contributed by atoms with van der Waals surface area (Å²) in [7, 11) is 0. The van der Waals surface area contributed by atoms with Gasteiger partial charge in [0, 0.05) is 24.9 Å². The molecule has 0 heterocycles. The van der Waals surface area contributed by atoms with E-state index in [9.17, 15) is 9.59 Å². The van der Waals surface area contributed by atoms with Gasteiger partial charge in [-0.25, -0.2) is 0 Å². The zero-order chi connectivity index (χ0) is 17.9. The zero-order valence-corrected chi connectivity index (χ0v) is 14.7. The van der Waals surface area contributed by atoms with Gasteiger partial charge in [0.2, 0.25) is 11.8 Å². The van der Waals surface area contributed by atoms with Crippen molar-refractivity contribution < 1.29 is 9.59 Å². The highest BCUT2D eigenvalue weighted by Gasteiger charge is 2.44. The molecule has 4 nitrogen and oxygen atoms in total. The summed E-state index contributed by atoms with van der Waals surface area (Å²) < 4.78 is 0. The topological polar surface area (TPSA) is 58.2 Å². The van der Waals surface area contributed by atoms with Gasteiger partial charge in [0.05, 0.1) is 0 Å². The third kappa shape index (κ3) is 3.79. The van der Waals surface area contributed by atoms with Crippen molar-refractivity contribution in [2.24, 2.45) is 11.8 Å². The van der Waals surface area contributed by atoms with Gasteiger partial charge in [-0.15, -0.1) is 0 Å². The van der Waals surface area contributed by atoms with Crippen molar-refractivity contribution in [1.82, 2.24) is 10.6 Å². The van der Waals surface area contributed by atoms with Crippen LogP contribution >= 0.6 is 0 Å². The maximum atomic E-state index is 12.2. The number of benzene rings is 2. The molecule has 2 aliphatic carbocycles. The van der Waals surface area contributed by atoms with E-state index in [1.165, 1.54) is 11.1 Å². The van der Waals surface area contributed by atoms with Crippen molar-refractivity contribution in [2.75, 3.05) is 13.1 Å². The normalized spacial score (nSPS) is 26.0. The highest BCUT2D eigenvalue weighted by atomic mass is 16.2. The molecule has 4 rings (SSSR count). The Morgan fingerprint density at radius 1 is 0.692 bits per heavy atom. The van der Waals surface area contributed by atoms with E-state index in [2.05, 4.69) is 34.9 Å². The van der Waals surface area contributed by atoms with Crippen LogP contribution in [0, 0.1) is 11.8 Å². The predicted molar refractivity (Wildman–Crippen MR) is 101 cm³/mol. The Bertz CT molecular complexity index is 708. The number of rotatable bonds is 7. The van der Waals surface area contributed by atoms with Gasteiger partial charge in [0.1, 0.15) is 0 Å². The molecule has 0 aromatic heterocycles. The summed E-state index contributed by atoms with van der Waals surface area (Å²) in [5.41, 5.74) is 2.48. The van der Waals surface area contributed by atoms with E-state index >= 15 is 0 Å². The number of carbonyl (C=O) groups is 2. The van der Waals surface area contributed by atoms with E-state index in [-0.39, 0.29) is 23.7 Å². The Labute approximate surface area is 154 Å². The molecule has 2 aliphatic rings. The molecule has 4 heteroatoms. The van der Waals surface area contributed by atoms with Crippen molar-refractivity contribution in [1.29, 1.82) is 0 Å². The molecule has 26 heavy (non-hydrogen) atoms. The standard InChI is InChI=1S/C22H24N2O2/c25-21(19-13-17(19)15-7-3-1-4-8-15)23-11-12-24-22(26)20-14-18(20)16-9-5-2-6-10-16/h1-10,17-20H,11-14H2,(H,23,25)(H,24,26). The lowest BCUT2D eigenvalue weighted by atomic mass is 10.1. The summed E-state index contributed by atoms with van der Waals surface area (Å²) in [4.78, 5) is 24.4. The van der Waals surface area contributed by atoms with E-state index in [1.807, 2.05) is 36.4 Å². The van der Waals surface area contributed by atoms with Gasteiger partial charge in [-0.05, 0) is 35.8 Å². The molecule has 2 aromatic carbocycles. The van der Waals surface area contributed by atoms with Crippen LogP contribution in [0.1, 0.15) is 35.8 Å². The van der Waals surface area contributed by atoms with E-state index in [1.54, 1.807) is 0 Å². The van der Waals surface area contributed by atoms with Crippen LogP contribution in [0.3, 0.4) is 0 Å². The molecule has 0 spiro atoms. The van der Waals surface area contributed by atoms with Crippen LogP contribution in [0.15, 0.2) is 60.7 Å². The van der Waals surface area contributed by atoms with Crippen LogP contribution in [0.2, 0.25) is 0 Å². The van der Waals surface area contributed by atoms with Crippen molar-refractivity contribution in [3.05, 3.63) is 71.8 Å². The summed E-state index contributed by atoms with van der Waals surface area (Å²) >= 11 is 0. The van der Waals surface area contributed by atoms with Crippen LogP contribution in [0.5, 0.6) is 0 Å². The van der Waals surface area contributed by atoms with Gasteiger partial charge in [-0.2, -0.15) is 0 Å². The molecule has 2 saturated carbocycles. The SMILES string of the molecule is O=C(NCCNC(=O)C1CC1c1ccccc1)C1CC1c1ccccc1. The molecule has 2 aromatic rings. The molecular formula is C22H24N2O2. The molecular weight excluding hydrogens is 324 g/mol. The number of hydrogen-bond donors (Lipinski definition) is 2. The van der Waals surface area contributed by atoms with Gasteiger partial charge in [0.25, 0.3) is 0 Å². The van der Waals surface area contributed by atoms with Gasteiger partial charge >= 0.3 is 0 Å². The Kier molecular flexibility index (Phi) is 4.74. The average molecular weight is 348 g/mol. The number of amides is 2. The zero-order valence-electron chi connectivity index (χ0n) is 14.7. The number of nitrogens with one attached hydrogen (secondary N) is 2. The molecule has 0 aliphatic heterocycles. The van der Waals surface area contributed by atoms with Gasteiger partial charge in [-0.3, -0.25) is 9.59 Å². The lowest BCUT2D eigenvalue weighted by molar-refractivity contribution is -0.124. The second-order valence-electron chi connectivity index (χ2n) is 7.30. The summed E-state index contributed by atoms with van der Waals surface area (Å²) in [6, 6.07) is 20.4. The lowest BCUT2D eigenvalue weighted by Gasteiger charge is -2.07. The van der Waals surface area contributed by atoms with Crippen molar-refractivity contribution in [2.45, 2.75) is 24.7 Å². The first-order valence-electron chi connectivity index (χ1n) is 9.39. The molecule has 2 amide bonds. The third-order valence-electron chi connectivity index (χ3n) is 5.43. The van der Waals surface area contributed by atoms with Gasteiger partial charge < -0.3 is 10.6 Å². The van der Waals surface area contributed by atoms with E-state index in [4.69, 9.17) is 0 Å². The second kappa shape index (κ2) is 7.32. The molecule has 0 bridgehead atoms. The van der Waals surface area contributed by atoms with Crippen LogP contribution in [0.4, 0.5) is 0 Å². The minimum absolute atomic E-state index is 0.0824. The highest BCUT2D eigenvalue weighted by molar-refractivity contribution is 5.84. The molecule has 4 atom stereocenters. The Hall–Kier alpha value is -2.62. The van der Waals surface area contributed by atoms with Crippen LogP contribution < -0.4 is 10.6 Å². The quantitative estimate of drug-likeness (QED) is 0.756. The summed E-state index contributed by atoms with van der Waals surface area (Å²) in [6.07, 6.45) is 1.84. The van der Waals surface area contributed by atoms with E-state index in [0.29, 0.717) is 24.9 Å². The predicted octanol–water partition coefficient (Wildman–Crippen LogP) is 2.83. The molecule has 134 valence electrons. The molecule has 2 fully saturated rings. The lowest BCUT2D eigenvalue weighted by Crippen LogP contribution is -2.36. The van der Waals surface area contributed by atoms with Gasteiger partial charge in [0.15, 0.2) is 0 Å². The minimum atomic E-state index is 0.0824. The molecule has 0 saturated heterocycles. The van der Waals surface area contributed by atoms with E-state index < -0.39 is 0 Å². The fraction of sp³-hybridized carbons (Fsp3) is 0.364. The third-order valence-corrected chi connectivity index (χ3v) is 5.43. The largest absolute Gasteiger partial charge is 0.354 e. The molecule has 0 radical (unpaired) electrons. The first-order valence-corrected chi connectivity index (χ1v) is 9.39. The monoisotopic (exact) mass is 348 g/mol. The van der Waals surface area contributed by atoms with Crippen LogP contribution in [-0.4, -0.2) is 24.9 Å². The molecule has 2 N–H and O–H groups in total. The van der Waals surface area contributed by atoms with Crippen molar-refractivity contribution >= 4 is 11.8 Å². The maximum absolute atomic E-state index is 12.2. The summed E-state index contributed by atoms with van der Waals surface area (Å²) in [6.45, 7) is 0.983. The minimum Gasteiger partial charge on any atom is -0.354 e. The van der Waals surface area contributed by atoms with Crippen LogP contribution in [-0.2, 0) is 9.59 Å². The number of carbonyl (C=O) groups excluding carboxylic acids is 2. The first kappa shape index (κ1) is 16.8. The highest BCUT2D eigenvalue weighted by Crippen LogP contribution is 2.48. The number of hydrogen-bond acceptors (Lipinski definition) is 2. The van der Waals surface area contributed by atoms with Crippen LogP contribution in [0.25, 0.3) is 0 Å². The smallest absolute Gasteiger partial charge is 0.223 e. The Balaban J connectivity index is 1.14. The Morgan fingerprint density at radius 2 is 1.08 bits per heavy atom. The average Bonchev–Trinajstić information content (AvgIpc) is 3.59. The maximum Gasteiger partial charge on any atom is 0.223 e. The fourth-order valence-corrected chi connectivity index (χ4v) is 3.74.